The van der Waals surface area contributed by atoms with E-state index in [1.54, 1.807) is 5.06 Å². The lowest BCUT2D eigenvalue weighted by molar-refractivity contribution is -0.196. The van der Waals surface area contributed by atoms with Gasteiger partial charge in [0.1, 0.15) is 0 Å². The van der Waals surface area contributed by atoms with Crippen LogP contribution in [0.4, 0.5) is 0 Å². The average Bonchev–Trinajstić information content (AvgIpc) is 2.33. The van der Waals surface area contributed by atoms with Crippen molar-refractivity contribution in [3.8, 4) is 0 Å². The fourth-order valence-corrected chi connectivity index (χ4v) is 3.55. The number of hydrogen-bond acceptors (Lipinski definition) is 3. The topological polar surface area (TPSA) is 43.7 Å². The van der Waals surface area contributed by atoms with Crippen LogP contribution < -0.4 is 0 Å². The maximum Gasteiger partial charge on any atom is 0.0558 e. The lowest BCUT2D eigenvalue weighted by Gasteiger charge is -2.44. The van der Waals surface area contributed by atoms with Gasteiger partial charge in [-0.25, -0.2) is 0 Å². The molecule has 1 atom stereocenters. The van der Waals surface area contributed by atoms with Gasteiger partial charge in [0.05, 0.1) is 6.10 Å². The lowest BCUT2D eigenvalue weighted by Crippen LogP contribution is -2.50. The maximum absolute atomic E-state index is 10.3. The first-order valence-electron chi connectivity index (χ1n) is 7.38. The summed E-state index contributed by atoms with van der Waals surface area (Å²) in [5.74, 6) is 0. The van der Waals surface area contributed by atoms with Gasteiger partial charge in [-0.2, -0.15) is 5.06 Å². The Labute approximate surface area is 105 Å². The summed E-state index contributed by atoms with van der Waals surface area (Å²) in [6.45, 7) is 0.784. The summed E-state index contributed by atoms with van der Waals surface area (Å²) >= 11 is 0. The van der Waals surface area contributed by atoms with E-state index in [2.05, 4.69) is 0 Å². The minimum atomic E-state index is -0.221. The van der Waals surface area contributed by atoms with E-state index < -0.39 is 0 Å². The monoisotopic (exact) mass is 241 g/mol. The molecule has 0 aromatic heterocycles. The first kappa shape index (κ1) is 13.3. The van der Waals surface area contributed by atoms with E-state index in [9.17, 15) is 10.3 Å². The van der Waals surface area contributed by atoms with Crippen LogP contribution in [0.5, 0.6) is 0 Å². The maximum atomic E-state index is 10.3. The molecule has 1 heterocycles. The van der Waals surface area contributed by atoms with Crippen molar-refractivity contribution in [3.63, 3.8) is 0 Å². The summed E-state index contributed by atoms with van der Waals surface area (Å²) in [7, 11) is 0. The standard InChI is InChI=1S/C14H27NO2/c16-13-8-4-1-2-7-11-15(17)14(12-13)9-5-3-6-10-14/h13,16-17H,1-12H2. The molecule has 0 radical (unpaired) electrons. The molecule has 17 heavy (non-hydrogen) atoms. The molecule has 0 amide bonds. The van der Waals surface area contributed by atoms with Crippen molar-refractivity contribution < 1.29 is 10.3 Å². The fourth-order valence-electron chi connectivity index (χ4n) is 3.55. The number of nitrogens with zero attached hydrogens (tertiary/aromatic N) is 1. The van der Waals surface area contributed by atoms with Crippen LogP contribution >= 0.6 is 0 Å². The normalized spacial score (nSPS) is 32.5. The van der Waals surface area contributed by atoms with E-state index in [4.69, 9.17) is 0 Å². The van der Waals surface area contributed by atoms with Gasteiger partial charge in [-0.1, -0.05) is 38.5 Å². The van der Waals surface area contributed by atoms with Crippen molar-refractivity contribution >= 4 is 0 Å². The number of aliphatic hydroxyl groups excluding tert-OH is 1. The van der Waals surface area contributed by atoms with Crippen LogP contribution in [0, 0.1) is 0 Å². The number of hydrogen-bond donors (Lipinski definition) is 2. The van der Waals surface area contributed by atoms with Crippen molar-refractivity contribution in [1.29, 1.82) is 0 Å². The molecule has 1 spiro atoms. The molecule has 1 saturated carbocycles. The Hall–Kier alpha value is -0.120. The molecule has 2 N–H and O–H groups in total. The lowest BCUT2D eigenvalue weighted by atomic mass is 9.76. The van der Waals surface area contributed by atoms with Crippen LogP contribution in [0.15, 0.2) is 0 Å². The zero-order chi connectivity index (χ0) is 12.1. The molecule has 2 fully saturated rings. The highest BCUT2D eigenvalue weighted by Gasteiger charge is 2.39. The van der Waals surface area contributed by atoms with Crippen LogP contribution in [0.2, 0.25) is 0 Å². The molecule has 3 nitrogen and oxygen atoms in total. The molecule has 1 unspecified atom stereocenters. The average molecular weight is 241 g/mol. The predicted octanol–water partition coefficient (Wildman–Crippen LogP) is 3.10. The highest BCUT2D eigenvalue weighted by molar-refractivity contribution is 4.92. The van der Waals surface area contributed by atoms with Crippen LogP contribution in [-0.2, 0) is 0 Å². The van der Waals surface area contributed by atoms with Crippen molar-refractivity contribution in [2.45, 2.75) is 82.3 Å². The Morgan fingerprint density at radius 1 is 0.882 bits per heavy atom. The van der Waals surface area contributed by atoms with E-state index in [1.165, 1.54) is 32.1 Å². The van der Waals surface area contributed by atoms with Gasteiger partial charge in [-0.15, -0.1) is 0 Å². The second-order valence-electron chi connectivity index (χ2n) is 5.97. The Balaban J connectivity index is 2.05. The van der Waals surface area contributed by atoms with Crippen LogP contribution in [0.1, 0.15) is 70.6 Å². The summed E-state index contributed by atoms with van der Waals surface area (Å²) in [6, 6.07) is 0. The predicted molar refractivity (Wildman–Crippen MR) is 68.0 cm³/mol. The largest absolute Gasteiger partial charge is 0.393 e. The van der Waals surface area contributed by atoms with Gasteiger partial charge in [0.2, 0.25) is 0 Å². The SMILES string of the molecule is OC1CCCCCCN(O)C2(CCCCC2)C1. The third kappa shape index (κ3) is 3.43. The first-order valence-corrected chi connectivity index (χ1v) is 7.38. The smallest absolute Gasteiger partial charge is 0.0558 e. The molecule has 1 aliphatic carbocycles. The molecule has 0 aromatic carbocycles. The zero-order valence-corrected chi connectivity index (χ0v) is 10.9. The van der Waals surface area contributed by atoms with E-state index >= 15 is 0 Å². The van der Waals surface area contributed by atoms with Crippen molar-refractivity contribution in [2.75, 3.05) is 6.54 Å². The molecule has 2 rings (SSSR count). The van der Waals surface area contributed by atoms with Crippen molar-refractivity contribution in [1.82, 2.24) is 5.06 Å². The minimum absolute atomic E-state index is 0.116. The molecule has 100 valence electrons. The first-order chi connectivity index (χ1) is 8.23. The highest BCUT2D eigenvalue weighted by atomic mass is 16.5. The second-order valence-corrected chi connectivity index (χ2v) is 5.97. The van der Waals surface area contributed by atoms with Gasteiger partial charge in [-0.05, 0) is 32.1 Å². The van der Waals surface area contributed by atoms with E-state index in [0.29, 0.717) is 0 Å². The molecule has 1 saturated heterocycles. The third-order valence-corrected chi connectivity index (χ3v) is 4.60. The van der Waals surface area contributed by atoms with Gasteiger partial charge >= 0.3 is 0 Å². The van der Waals surface area contributed by atoms with E-state index in [0.717, 1.165) is 45.1 Å². The van der Waals surface area contributed by atoms with Crippen molar-refractivity contribution in [3.05, 3.63) is 0 Å². The Morgan fingerprint density at radius 3 is 2.29 bits per heavy atom. The summed E-state index contributed by atoms with van der Waals surface area (Å²) in [5, 5.41) is 22.1. The molecule has 2 aliphatic rings. The van der Waals surface area contributed by atoms with Crippen LogP contribution in [0.25, 0.3) is 0 Å². The van der Waals surface area contributed by atoms with Crippen molar-refractivity contribution in [2.24, 2.45) is 0 Å². The number of rotatable bonds is 0. The number of hydroxylamine groups is 2. The van der Waals surface area contributed by atoms with Crippen LogP contribution in [-0.4, -0.2) is 33.6 Å². The molecule has 0 bridgehead atoms. The Bertz CT molecular complexity index is 226. The highest BCUT2D eigenvalue weighted by Crippen LogP contribution is 2.37. The zero-order valence-electron chi connectivity index (χ0n) is 10.9. The fraction of sp³-hybridized carbons (Fsp3) is 1.00. The molecular weight excluding hydrogens is 214 g/mol. The second kappa shape index (κ2) is 6.17. The minimum Gasteiger partial charge on any atom is -0.393 e. The number of aliphatic hydroxyl groups is 1. The summed E-state index contributed by atoms with van der Waals surface area (Å²) in [6.07, 6.45) is 11.9. The van der Waals surface area contributed by atoms with Gasteiger partial charge in [0.15, 0.2) is 0 Å². The third-order valence-electron chi connectivity index (χ3n) is 4.60. The Morgan fingerprint density at radius 2 is 1.53 bits per heavy atom. The van der Waals surface area contributed by atoms with E-state index in [-0.39, 0.29) is 11.6 Å². The summed E-state index contributed by atoms with van der Waals surface area (Å²) in [5.41, 5.74) is -0.116. The summed E-state index contributed by atoms with van der Waals surface area (Å²) < 4.78 is 0. The molecule has 3 heteroatoms. The van der Waals surface area contributed by atoms with Gasteiger partial charge in [-0.3, -0.25) is 0 Å². The molecule has 1 aliphatic heterocycles. The summed E-state index contributed by atoms with van der Waals surface area (Å²) in [4.78, 5) is 0. The van der Waals surface area contributed by atoms with Gasteiger partial charge in [0, 0.05) is 12.1 Å². The Kier molecular flexibility index (Phi) is 4.83. The molecular formula is C14H27NO2. The van der Waals surface area contributed by atoms with E-state index in [1.807, 2.05) is 0 Å². The van der Waals surface area contributed by atoms with Crippen LogP contribution in [0.3, 0.4) is 0 Å². The van der Waals surface area contributed by atoms with Gasteiger partial charge < -0.3 is 10.3 Å². The van der Waals surface area contributed by atoms with Gasteiger partial charge in [0.25, 0.3) is 0 Å². The molecule has 0 aromatic rings. The quantitative estimate of drug-likeness (QED) is 0.685.